The maximum atomic E-state index is 15.1. The highest BCUT2D eigenvalue weighted by Gasteiger charge is 2.39. The number of halogens is 1. The molecule has 0 unspecified atom stereocenters. The van der Waals surface area contributed by atoms with Crippen LogP contribution in [0.1, 0.15) is 41.5 Å². The summed E-state index contributed by atoms with van der Waals surface area (Å²) in [5, 5.41) is 4.19. The summed E-state index contributed by atoms with van der Waals surface area (Å²) in [6.07, 6.45) is -0.348. The molecule has 1 fully saturated rings. The Bertz CT molecular complexity index is 1310. The van der Waals surface area contributed by atoms with Gasteiger partial charge in [-0.2, -0.15) is 5.10 Å². The minimum atomic E-state index is -0.593. The topological polar surface area (TPSA) is 86.7 Å². The molecule has 0 spiro atoms. The lowest BCUT2D eigenvalue weighted by Gasteiger charge is -2.46. The highest BCUT2D eigenvalue weighted by Crippen LogP contribution is 2.45. The Hall–Kier alpha value is -3.82. The number of anilines is 2. The Labute approximate surface area is 222 Å². The lowest BCUT2D eigenvalue weighted by atomic mass is 9.97. The fourth-order valence-electron chi connectivity index (χ4n) is 5.23. The number of amidine groups is 1. The summed E-state index contributed by atoms with van der Waals surface area (Å²) in [6, 6.07) is 9.71. The van der Waals surface area contributed by atoms with E-state index in [2.05, 4.69) is 15.4 Å². The van der Waals surface area contributed by atoms with Crippen molar-refractivity contribution in [1.82, 2.24) is 10.3 Å². The molecule has 3 atom stereocenters. The molecule has 2 aromatic carbocycles. The van der Waals surface area contributed by atoms with Crippen molar-refractivity contribution in [3.63, 3.8) is 0 Å². The number of ether oxygens (including phenoxy) is 2. The second kappa shape index (κ2) is 9.49. The van der Waals surface area contributed by atoms with E-state index < -0.39 is 11.6 Å². The van der Waals surface area contributed by atoms with Crippen molar-refractivity contribution in [2.24, 2.45) is 5.10 Å². The number of hydrogen-bond acceptors (Lipinski definition) is 7. The van der Waals surface area contributed by atoms with Crippen LogP contribution >= 0.6 is 0 Å². The van der Waals surface area contributed by atoms with Gasteiger partial charge >= 0.3 is 6.09 Å². The summed E-state index contributed by atoms with van der Waals surface area (Å²) in [5.74, 6) is 0.603. The molecule has 202 valence electrons. The molecule has 1 N–H and O–H groups in total. The van der Waals surface area contributed by atoms with Crippen LogP contribution in [0.2, 0.25) is 0 Å². The highest BCUT2D eigenvalue weighted by atomic mass is 19.1. The fourth-order valence-corrected chi connectivity index (χ4v) is 5.23. The maximum absolute atomic E-state index is 15.1. The van der Waals surface area contributed by atoms with Gasteiger partial charge in [-0.05, 0) is 59.7 Å². The number of nitrogens with one attached hydrogen (secondary N) is 1. The molecule has 1 saturated heterocycles. The molecule has 9 nitrogen and oxygen atoms in total. The number of carbonyl (C=O) groups excluding carboxylic acids is 2. The molecule has 3 aliphatic heterocycles. The highest BCUT2D eigenvalue weighted by molar-refractivity contribution is 6.10. The smallest absolute Gasteiger partial charge is 0.410 e. The van der Waals surface area contributed by atoms with Crippen LogP contribution in [0.25, 0.3) is 11.1 Å². The van der Waals surface area contributed by atoms with Gasteiger partial charge in [0.2, 0.25) is 0 Å². The lowest BCUT2D eigenvalue weighted by Crippen LogP contribution is -2.59. The van der Waals surface area contributed by atoms with E-state index in [1.54, 1.807) is 23.1 Å². The standard InChI is InChI=1S/C28H34FN5O4/c1-16-14-33(27(36)38-28(4,5)6)17(2)13-32(16)22-12-23-24(11-20(22)19-9-7-8-10-21(19)29)37-15-25-30-31-26(35)18(3)34(23)25/h7-12,16-18H,13-15H2,1-6H3,(H,31,35)/t16-,17+,18-/m1/s1. The van der Waals surface area contributed by atoms with Crippen molar-refractivity contribution >= 4 is 29.2 Å². The van der Waals surface area contributed by atoms with Crippen molar-refractivity contribution in [2.75, 3.05) is 29.5 Å². The van der Waals surface area contributed by atoms with Crippen molar-refractivity contribution in [3.05, 3.63) is 42.2 Å². The monoisotopic (exact) mass is 523 g/mol. The van der Waals surface area contributed by atoms with E-state index in [0.717, 1.165) is 5.69 Å². The SMILES string of the molecule is C[C@@H]1CN(C(=O)OC(C)(C)C)[C@@H](C)CN1c1cc2c(cc1-c1ccccc1F)OCC1=NNC(=O)[C@@H](C)N12. The fraction of sp³-hybridized carbons (Fsp3) is 0.464. The number of nitrogens with zero attached hydrogens (tertiary/aromatic N) is 4. The molecular weight excluding hydrogens is 489 g/mol. The number of benzene rings is 2. The molecular formula is C28H34FN5O4. The van der Waals surface area contributed by atoms with Crippen LogP contribution in [0.15, 0.2) is 41.5 Å². The molecule has 0 aliphatic carbocycles. The first-order valence-corrected chi connectivity index (χ1v) is 12.9. The number of hydrogen-bond donors (Lipinski definition) is 1. The Kier molecular flexibility index (Phi) is 6.44. The van der Waals surface area contributed by atoms with Gasteiger partial charge in [-0.3, -0.25) is 4.79 Å². The number of hydrazone groups is 1. The van der Waals surface area contributed by atoms with Crippen LogP contribution in [0.4, 0.5) is 20.6 Å². The number of carbonyl (C=O) groups is 2. The molecule has 10 heteroatoms. The van der Waals surface area contributed by atoms with Crippen molar-refractivity contribution < 1.29 is 23.5 Å². The van der Waals surface area contributed by atoms with Crippen LogP contribution in [-0.4, -0.2) is 66.2 Å². The quantitative estimate of drug-likeness (QED) is 0.630. The Morgan fingerprint density at radius 3 is 2.53 bits per heavy atom. The Morgan fingerprint density at radius 2 is 1.82 bits per heavy atom. The second-order valence-corrected chi connectivity index (χ2v) is 11.1. The summed E-state index contributed by atoms with van der Waals surface area (Å²) in [7, 11) is 0. The van der Waals surface area contributed by atoms with Crippen molar-refractivity contribution in [2.45, 2.75) is 65.3 Å². The molecule has 0 saturated carbocycles. The molecule has 2 aromatic rings. The molecule has 38 heavy (non-hydrogen) atoms. The van der Waals surface area contributed by atoms with Gasteiger partial charge in [-0.15, -0.1) is 0 Å². The van der Waals surface area contributed by atoms with Crippen molar-refractivity contribution in [1.29, 1.82) is 0 Å². The minimum Gasteiger partial charge on any atom is -0.483 e. The number of piperazine rings is 1. The Morgan fingerprint density at radius 1 is 1.08 bits per heavy atom. The predicted octanol–water partition coefficient (Wildman–Crippen LogP) is 4.36. The summed E-state index contributed by atoms with van der Waals surface area (Å²) in [4.78, 5) is 31.2. The molecule has 0 aromatic heterocycles. The molecule has 3 aliphatic rings. The molecule has 3 heterocycles. The lowest BCUT2D eigenvalue weighted by molar-refractivity contribution is -0.122. The zero-order chi connectivity index (χ0) is 27.4. The van der Waals surface area contributed by atoms with Crippen LogP contribution in [0.3, 0.4) is 0 Å². The van der Waals surface area contributed by atoms with E-state index in [1.807, 2.05) is 58.6 Å². The van der Waals surface area contributed by atoms with E-state index in [4.69, 9.17) is 9.47 Å². The van der Waals surface area contributed by atoms with Crippen LogP contribution < -0.4 is 20.0 Å². The van der Waals surface area contributed by atoms with Crippen molar-refractivity contribution in [3.8, 4) is 16.9 Å². The van der Waals surface area contributed by atoms with E-state index in [1.165, 1.54) is 6.07 Å². The second-order valence-electron chi connectivity index (χ2n) is 11.1. The van der Waals surface area contributed by atoms with Gasteiger partial charge in [-0.1, -0.05) is 18.2 Å². The number of rotatable bonds is 2. The van der Waals surface area contributed by atoms with E-state index in [9.17, 15) is 9.59 Å². The van der Waals surface area contributed by atoms with E-state index in [0.29, 0.717) is 41.5 Å². The van der Waals surface area contributed by atoms with E-state index >= 15 is 4.39 Å². The van der Waals surface area contributed by atoms with Gasteiger partial charge in [0.25, 0.3) is 5.91 Å². The van der Waals surface area contributed by atoms with Gasteiger partial charge in [-0.25, -0.2) is 14.6 Å². The van der Waals surface area contributed by atoms with Gasteiger partial charge in [0, 0.05) is 42.0 Å². The van der Waals surface area contributed by atoms with Gasteiger partial charge in [0.1, 0.15) is 29.8 Å². The summed E-state index contributed by atoms with van der Waals surface area (Å²) < 4.78 is 26.8. The average Bonchev–Trinajstić information content (AvgIpc) is 2.85. The van der Waals surface area contributed by atoms with Crippen LogP contribution in [0, 0.1) is 5.82 Å². The third-order valence-corrected chi connectivity index (χ3v) is 7.12. The van der Waals surface area contributed by atoms with Gasteiger partial charge < -0.3 is 24.2 Å². The zero-order valence-corrected chi connectivity index (χ0v) is 22.6. The molecule has 2 amide bonds. The molecule has 0 bridgehead atoms. The third-order valence-electron chi connectivity index (χ3n) is 7.12. The number of fused-ring (bicyclic) bond motifs is 3. The van der Waals surface area contributed by atoms with Crippen LogP contribution in [-0.2, 0) is 9.53 Å². The first kappa shape index (κ1) is 25.8. The summed E-state index contributed by atoms with van der Waals surface area (Å²) >= 11 is 0. The Balaban J connectivity index is 1.59. The largest absolute Gasteiger partial charge is 0.483 e. The van der Waals surface area contributed by atoms with E-state index in [-0.39, 0.29) is 36.5 Å². The van der Waals surface area contributed by atoms with Gasteiger partial charge in [0.15, 0.2) is 5.84 Å². The maximum Gasteiger partial charge on any atom is 0.410 e. The molecule has 5 rings (SSSR count). The predicted molar refractivity (Wildman–Crippen MR) is 144 cm³/mol. The van der Waals surface area contributed by atoms with Crippen LogP contribution in [0.5, 0.6) is 5.75 Å². The number of amides is 2. The molecule has 0 radical (unpaired) electrons. The first-order valence-electron chi connectivity index (χ1n) is 12.9. The third kappa shape index (κ3) is 4.63. The minimum absolute atomic E-state index is 0.0954. The average molecular weight is 524 g/mol. The zero-order valence-electron chi connectivity index (χ0n) is 22.6. The normalized spacial score (nSPS) is 23.1. The summed E-state index contributed by atoms with van der Waals surface area (Å²) in [6.45, 7) is 12.5. The summed E-state index contributed by atoms with van der Waals surface area (Å²) in [5.41, 5.74) is 4.57. The van der Waals surface area contributed by atoms with Gasteiger partial charge in [0.05, 0.1) is 5.69 Å². The first-order chi connectivity index (χ1) is 17.9.